The van der Waals surface area contributed by atoms with E-state index in [2.05, 4.69) is 10.3 Å². The Balaban J connectivity index is 1.56. The fourth-order valence-electron chi connectivity index (χ4n) is 3.12. The van der Waals surface area contributed by atoms with Crippen molar-refractivity contribution in [3.05, 3.63) is 47.8 Å². The van der Waals surface area contributed by atoms with Gasteiger partial charge in [-0.1, -0.05) is 6.07 Å². The number of aryl methyl sites for hydroxylation is 1. The van der Waals surface area contributed by atoms with Crippen LogP contribution < -0.4 is 5.32 Å². The van der Waals surface area contributed by atoms with Crippen LogP contribution in [0.3, 0.4) is 0 Å². The standard InChI is InChI=1S/C20H18FN3O4/c1-11-3-6-16-15(9-11)22-17(28-16)12-4-5-14(13(21)10-12)23-19(27)24(2)20(7-8-20)18(25)26/h3-6,9-10H,7-8H2,1-2H3,(H,23,27)(H,25,26). The molecule has 1 aromatic heterocycles. The number of aromatic nitrogens is 1. The fourth-order valence-corrected chi connectivity index (χ4v) is 3.12. The van der Waals surface area contributed by atoms with Gasteiger partial charge in [0.25, 0.3) is 0 Å². The van der Waals surface area contributed by atoms with E-state index in [1.54, 1.807) is 12.1 Å². The highest BCUT2D eigenvalue weighted by atomic mass is 19.1. The predicted octanol–water partition coefficient (Wildman–Crippen LogP) is 4.02. The molecule has 4 rings (SSSR count). The van der Waals surface area contributed by atoms with Crippen molar-refractivity contribution in [1.29, 1.82) is 0 Å². The lowest BCUT2D eigenvalue weighted by molar-refractivity contribution is -0.143. The summed E-state index contributed by atoms with van der Waals surface area (Å²) in [6.07, 6.45) is 0.760. The maximum Gasteiger partial charge on any atom is 0.329 e. The van der Waals surface area contributed by atoms with E-state index in [9.17, 15) is 19.1 Å². The first-order chi connectivity index (χ1) is 13.3. The summed E-state index contributed by atoms with van der Waals surface area (Å²) in [5, 5.41) is 11.7. The third-order valence-corrected chi connectivity index (χ3v) is 5.07. The molecule has 144 valence electrons. The van der Waals surface area contributed by atoms with Crippen LogP contribution in [0.4, 0.5) is 14.9 Å². The molecule has 1 aliphatic carbocycles. The largest absolute Gasteiger partial charge is 0.479 e. The van der Waals surface area contributed by atoms with Crippen molar-refractivity contribution in [3.63, 3.8) is 0 Å². The Labute approximate surface area is 159 Å². The monoisotopic (exact) mass is 383 g/mol. The predicted molar refractivity (Wildman–Crippen MR) is 101 cm³/mol. The maximum atomic E-state index is 14.5. The van der Waals surface area contributed by atoms with Crippen LogP contribution in [0.2, 0.25) is 0 Å². The number of hydrogen-bond donors (Lipinski definition) is 2. The summed E-state index contributed by atoms with van der Waals surface area (Å²) in [4.78, 5) is 29.1. The Morgan fingerprint density at radius 2 is 2.00 bits per heavy atom. The van der Waals surface area contributed by atoms with Crippen LogP contribution in [0.5, 0.6) is 0 Å². The van der Waals surface area contributed by atoms with E-state index in [4.69, 9.17) is 4.42 Å². The highest BCUT2D eigenvalue weighted by Gasteiger charge is 2.55. The summed E-state index contributed by atoms with van der Waals surface area (Å²) in [5.74, 6) is -1.46. The molecule has 1 heterocycles. The van der Waals surface area contributed by atoms with Crippen LogP contribution in [0, 0.1) is 12.7 Å². The molecule has 2 amide bonds. The fraction of sp³-hybridized carbons (Fsp3) is 0.250. The van der Waals surface area contributed by atoms with E-state index in [0.717, 1.165) is 10.5 Å². The van der Waals surface area contributed by atoms with E-state index in [1.165, 1.54) is 19.2 Å². The number of likely N-dealkylation sites (N-methyl/N-ethyl adjacent to an activating group) is 1. The van der Waals surface area contributed by atoms with Crippen molar-refractivity contribution in [2.24, 2.45) is 0 Å². The number of carbonyl (C=O) groups excluding carboxylic acids is 1. The van der Waals surface area contributed by atoms with Crippen molar-refractivity contribution in [2.45, 2.75) is 25.3 Å². The second kappa shape index (κ2) is 6.33. The van der Waals surface area contributed by atoms with Gasteiger partial charge in [-0.2, -0.15) is 0 Å². The minimum atomic E-state index is -1.20. The van der Waals surface area contributed by atoms with Crippen LogP contribution in [-0.4, -0.2) is 39.6 Å². The van der Waals surface area contributed by atoms with Crippen LogP contribution in [0.15, 0.2) is 40.8 Å². The Morgan fingerprint density at radius 1 is 1.25 bits per heavy atom. The summed E-state index contributed by atoms with van der Waals surface area (Å²) in [6, 6.07) is 9.10. The van der Waals surface area contributed by atoms with Crippen molar-refractivity contribution >= 4 is 28.8 Å². The molecular formula is C20H18FN3O4. The van der Waals surface area contributed by atoms with Crippen molar-refractivity contribution in [2.75, 3.05) is 12.4 Å². The highest BCUT2D eigenvalue weighted by molar-refractivity contribution is 5.95. The number of halogens is 1. The molecular weight excluding hydrogens is 365 g/mol. The number of hydrogen-bond acceptors (Lipinski definition) is 4. The minimum Gasteiger partial charge on any atom is -0.479 e. The van der Waals surface area contributed by atoms with E-state index >= 15 is 0 Å². The Morgan fingerprint density at radius 3 is 2.64 bits per heavy atom. The first-order valence-electron chi connectivity index (χ1n) is 8.75. The number of aliphatic carboxylic acids is 1. The molecule has 0 bridgehead atoms. The van der Waals surface area contributed by atoms with Gasteiger partial charge in [-0.3, -0.25) is 0 Å². The molecule has 0 atom stereocenters. The minimum absolute atomic E-state index is 0.0475. The molecule has 1 aliphatic rings. The molecule has 0 unspecified atom stereocenters. The van der Waals surface area contributed by atoms with Crippen molar-refractivity contribution in [3.8, 4) is 11.5 Å². The number of carboxylic acids is 1. The van der Waals surface area contributed by atoms with Crippen LogP contribution in [-0.2, 0) is 4.79 Å². The number of carbonyl (C=O) groups is 2. The van der Waals surface area contributed by atoms with Gasteiger partial charge in [-0.05, 0) is 55.7 Å². The lowest BCUT2D eigenvalue weighted by atomic mass is 10.2. The molecule has 2 N–H and O–H groups in total. The van der Waals surface area contributed by atoms with E-state index in [0.29, 0.717) is 29.5 Å². The van der Waals surface area contributed by atoms with Gasteiger partial charge in [0.15, 0.2) is 5.58 Å². The van der Waals surface area contributed by atoms with Gasteiger partial charge in [-0.25, -0.2) is 19.0 Å². The van der Waals surface area contributed by atoms with Gasteiger partial charge in [-0.15, -0.1) is 0 Å². The van der Waals surface area contributed by atoms with Crippen LogP contribution in [0.1, 0.15) is 18.4 Å². The Kier molecular flexibility index (Phi) is 4.06. The summed E-state index contributed by atoms with van der Waals surface area (Å²) >= 11 is 0. The van der Waals surface area contributed by atoms with Crippen molar-refractivity contribution < 1.29 is 23.5 Å². The first-order valence-corrected chi connectivity index (χ1v) is 8.75. The number of rotatable bonds is 4. The number of benzene rings is 2. The summed E-state index contributed by atoms with van der Waals surface area (Å²) in [7, 11) is 1.39. The number of anilines is 1. The molecule has 28 heavy (non-hydrogen) atoms. The topological polar surface area (TPSA) is 95.7 Å². The Bertz CT molecular complexity index is 1100. The number of fused-ring (bicyclic) bond motifs is 1. The Hall–Kier alpha value is -3.42. The van der Waals surface area contributed by atoms with E-state index < -0.39 is 23.4 Å². The molecule has 2 aromatic carbocycles. The molecule has 1 saturated carbocycles. The maximum absolute atomic E-state index is 14.5. The third kappa shape index (κ3) is 2.96. The smallest absolute Gasteiger partial charge is 0.329 e. The second-order valence-electron chi connectivity index (χ2n) is 7.01. The van der Waals surface area contributed by atoms with E-state index in [1.807, 2.05) is 19.1 Å². The number of urea groups is 1. The van der Waals surface area contributed by atoms with Gasteiger partial charge in [0.05, 0.1) is 5.69 Å². The highest BCUT2D eigenvalue weighted by Crippen LogP contribution is 2.41. The van der Waals surface area contributed by atoms with Gasteiger partial charge >= 0.3 is 12.0 Å². The van der Waals surface area contributed by atoms with Crippen LogP contribution in [0.25, 0.3) is 22.6 Å². The number of carboxylic acid groups (broad SMARTS) is 1. The second-order valence-corrected chi connectivity index (χ2v) is 7.01. The molecule has 0 saturated heterocycles. The van der Waals surface area contributed by atoms with Crippen LogP contribution >= 0.6 is 0 Å². The first kappa shape index (κ1) is 18.0. The van der Waals surface area contributed by atoms with E-state index in [-0.39, 0.29) is 11.6 Å². The molecule has 1 fully saturated rings. The van der Waals surface area contributed by atoms with Gasteiger partial charge in [0.2, 0.25) is 5.89 Å². The summed E-state index contributed by atoms with van der Waals surface area (Å²) < 4.78 is 20.2. The summed E-state index contributed by atoms with van der Waals surface area (Å²) in [5.41, 5.74) is 1.50. The molecule has 0 spiro atoms. The zero-order valence-electron chi connectivity index (χ0n) is 15.3. The third-order valence-electron chi connectivity index (χ3n) is 5.07. The average Bonchev–Trinajstić information content (AvgIpc) is 3.37. The molecule has 7 nitrogen and oxygen atoms in total. The number of oxazole rings is 1. The molecule has 0 aliphatic heterocycles. The number of nitrogens with zero attached hydrogens (tertiary/aromatic N) is 2. The number of nitrogens with one attached hydrogen (secondary N) is 1. The zero-order chi connectivity index (χ0) is 20.1. The molecule has 8 heteroatoms. The SMILES string of the molecule is Cc1ccc2oc(-c3ccc(NC(=O)N(C)C4(C(=O)O)CC4)c(F)c3)nc2c1. The normalized spacial score (nSPS) is 14.7. The van der Waals surface area contributed by atoms with Crippen molar-refractivity contribution in [1.82, 2.24) is 9.88 Å². The van der Waals surface area contributed by atoms with Gasteiger partial charge < -0.3 is 19.7 Å². The molecule has 3 aromatic rings. The lowest BCUT2D eigenvalue weighted by Gasteiger charge is -2.24. The average molecular weight is 383 g/mol. The lowest BCUT2D eigenvalue weighted by Crippen LogP contribution is -2.46. The summed E-state index contributed by atoms with van der Waals surface area (Å²) in [6.45, 7) is 1.94. The quantitative estimate of drug-likeness (QED) is 0.709. The van der Waals surface area contributed by atoms with Gasteiger partial charge in [0.1, 0.15) is 16.9 Å². The zero-order valence-corrected chi connectivity index (χ0v) is 15.3. The van der Waals surface area contributed by atoms with Gasteiger partial charge in [0, 0.05) is 12.6 Å². The number of amides is 2. The molecule has 0 radical (unpaired) electrons.